The van der Waals surface area contributed by atoms with Gasteiger partial charge in [0.2, 0.25) is 0 Å². The molecule has 0 aliphatic rings. The van der Waals surface area contributed by atoms with E-state index in [9.17, 15) is 0 Å². The molecular formula is C17H15BrN2O. The Morgan fingerprint density at radius 3 is 2.57 bits per heavy atom. The van der Waals surface area contributed by atoms with Crippen LogP contribution >= 0.6 is 15.9 Å². The minimum Gasteiger partial charge on any atom is -0.392 e. The summed E-state index contributed by atoms with van der Waals surface area (Å²) >= 11 is 3.44. The Hall–Kier alpha value is -1.91. The first-order chi connectivity index (χ1) is 10.3. The molecule has 0 aliphatic carbocycles. The number of aromatic nitrogens is 1. The molecule has 3 rings (SSSR count). The van der Waals surface area contributed by atoms with Gasteiger partial charge in [0, 0.05) is 22.6 Å². The van der Waals surface area contributed by atoms with Crippen molar-refractivity contribution in [1.29, 1.82) is 0 Å². The van der Waals surface area contributed by atoms with Gasteiger partial charge in [-0.3, -0.25) is 4.98 Å². The van der Waals surface area contributed by atoms with Crippen LogP contribution in [0.4, 0.5) is 5.69 Å². The Bertz CT molecular complexity index is 756. The van der Waals surface area contributed by atoms with Crippen molar-refractivity contribution in [3.05, 3.63) is 70.3 Å². The summed E-state index contributed by atoms with van der Waals surface area (Å²) in [5.74, 6) is 0. The number of hydrogen-bond donors (Lipinski definition) is 2. The zero-order chi connectivity index (χ0) is 14.7. The molecule has 0 fully saturated rings. The summed E-state index contributed by atoms with van der Waals surface area (Å²) < 4.78 is 0.978. The van der Waals surface area contributed by atoms with Crippen LogP contribution in [0.2, 0.25) is 0 Å². The van der Waals surface area contributed by atoms with E-state index in [2.05, 4.69) is 32.3 Å². The molecule has 0 saturated carbocycles. The highest BCUT2D eigenvalue weighted by atomic mass is 79.9. The number of fused-ring (bicyclic) bond motifs is 1. The Kier molecular flexibility index (Phi) is 4.18. The highest BCUT2D eigenvalue weighted by Gasteiger charge is 2.03. The molecule has 3 aromatic rings. The van der Waals surface area contributed by atoms with Gasteiger partial charge < -0.3 is 10.4 Å². The molecule has 21 heavy (non-hydrogen) atoms. The first kappa shape index (κ1) is 14.0. The third-order valence-corrected chi connectivity index (χ3v) is 3.80. The number of rotatable bonds is 4. The highest BCUT2D eigenvalue weighted by molar-refractivity contribution is 9.10. The number of para-hydroxylation sites is 1. The number of aliphatic hydroxyl groups is 1. The van der Waals surface area contributed by atoms with Crippen LogP contribution in [0.15, 0.2) is 59.2 Å². The van der Waals surface area contributed by atoms with Gasteiger partial charge in [0.1, 0.15) is 0 Å². The van der Waals surface area contributed by atoms with Crippen LogP contribution in [0.5, 0.6) is 0 Å². The minimum absolute atomic E-state index is 0.0792. The summed E-state index contributed by atoms with van der Waals surface area (Å²) in [6.07, 6.45) is 1.81. The number of aliphatic hydroxyl groups excluding tert-OH is 1. The Balaban J connectivity index is 1.81. The third kappa shape index (κ3) is 3.23. The van der Waals surface area contributed by atoms with Gasteiger partial charge in [-0.25, -0.2) is 0 Å². The molecule has 1 aromatic heterocycles. The van der Waals surface area contributed by atoms with Crippen molar-refractivity contribution in [2.75, 3.05) is 5.32 Å². The van der Waals surface area contributed by atoms with Gasteiger partial charge in [-0.1, -0.05) is 36.4 Å². The molecule has 0 atom stereocenters. The van der Waals surface area contributed by atoms with E-state index >= 15 is 0 Å². The van der Waals surface area contributed by atoms with Gasteiger partial charge in [0.05, 0.1) is 17.8 Å². The summed E-state index contributed by atoms with van der Waals surface area (Å²) in [5, 5.41) is 13.6. The van der Waals surface area contributed by atoms with Gasteiger partial charge in [-0.15, -0.1) is 0 Å². The number of hydrogen-bond acceptors (Lipinski definition) is 3. The van der Waals surface area contributed by atoms with Gasteiger partial charge in [-0.2, -0.15) is 0 Å². The molecule has 2 N–H and O–H groups in total. The minimum atomic E-state index is 0.0792. The van der Waals surface area contributed by atoms with E-state index in [1.165, 1.54) is 5.56 Å². The molecule has 0 aliphatic heterocycles. The van der Waals surface area contributed by atoms with Gasteiger partial charge in [0.15, 0.2) is 0 Å². The predicted octanol–water partition coefficient (Wildman–Crippen LogP) is 4.10. The Labute approximate surface area is 131 Å². The fraction of sp³-hybridized carbons (Fsp3) is 0.118. The monoisotopic (exact) mass is 342 g/mol. The smallest absolute Gasteiger partial charge is 0.0934 e. The first-order valence-corrected chi connectivity index (χ1v) is 7.52. The lowest BCUT2D eigenvalue weighted by molar-refractivity contribution is 0.282. The maximum atomic E-state index is 9.05. The highest BCUT2D eigenvalue weighted by Crippen LogP contribution is 2.24. The van der Waals surface area contributed by atoms with E-state index in [4.69, 9.17) is 5.11 Å². The second-order valence-corrected chi connectivity index (χ2v) is 5.77. The fourth-order valence-electron chi connectivity index (χ4n) is 2.24. The zero-order valence-electron chi connectivity index (χ0n) is 11.4. The molecule has 4 heteroatoms. The quantitative estimate of drug-likeness (QED) is 0.750. The molecule has 0 spiro atoms. The van der Waals surface area contributed by atoms with Crippen molar-refractivity contribution in [3.63, 3.8) is 0 Å². The molecule has 0 bridgehead atoms. The third-order valence-electron chi connectivity index (χ3n) is 3.37. The van der Waals surface area contributed by atoms with E-state index < -0.39 is 0 Å². The Morgan fingerprint density at radius 2 is 1.81 bits per heavy atom. The predicted molar refractivity (Wildman–Crippen MR) is 89.1 cm³/mol. The summed E-state index contributed by atoms with van der Waals surface area (Å²) in [7, 11) is 0. The first-order valence-electron chi connectivity index (χ1n) is 6.73. The Morgan fingerprint density at radius 1 is 1.05 bits per heavy atom. The number of halogens is 1. The largest absolute Gasteiger partial charge is 0.392 e. The van der Waals surface area contributed by atoms with Crippen molar-refractivity contribution in [1.82, 2.24) is 4.98 Å². The second kappa shape index (κ2) is 6.24. The number of pyridine rings is 1. The van der Waals surface area contributed by atoms with Crippen molar-refractivity contribution < 1.29 is 5.11 Å². The normalized spacial score (nSPS) is 10.8. The summed E-state index contributed by atoms with van der Waals surface area (Å²) in [6.45, 7) is 0.804. The maximum absolute atomic E-state index is 9.05. The van der Waals surface area contributed by atoms with Gasteiger partial charge >= 0.3 is 0 Å². The van der Waals surface area contributed by atoms with E-state index in [1.54, 1.807) is 0 Å². The molecule has 1 heterocycles. The molecule has 3 nitrogen and oxygen atoms in total. The zero-order valence-corrected chi connectivity index (χ0v) is 13.0. The average molecular weight is 343 g/mol. The second-order valence-electron chi connectivity index (χ2n) is 4.86. The lowest BCUT2D eigenvalue weighted by Gasteiger charge is -2.10. The van der Waals surface area contributed by atoms with E-state index in [1.807, 2.05) is 48.7 Å². The molecule has 0 amide bonds. The van der Waals surface area contributed by atoms with Crippen LogP contribution < -0.4 is 5.32 Å². The number of benzene rings is 2. The molecule has 0 unspecified atom stereocenters. The lowest BCUT2D eigenvalue weighted by atomic mass is 10.1. The van der Waals surface area contributed by atoms with Gasteiger partial charge in [-0.05, 0) is 39.2 Å². The van der Waals surface area contributed by atoms with Crippen LogP contribution in [0.1, 0.15) is 11.1 Å². The van der Waals surface area contributed by atoms with E-state index in [-0.39, 0.29) is 6.61 Å². The molecule has 0 radical (unpaired) electrons. The lowest BCUT2D eigenvalue weighted by Crippen LogP contribution is -2.00. The SMILES string of the molecule is OCc1ccc(CNc2cccc3cc(Br)cnc23)cc1. The van der Waals surface area contributed by atoms with Crippen molar-refractivity contribution in [2.24, 2.45) is 0 Å². The van der Waals surface area contributed by atoms with Crippen molar-refractivity contribution >= 4 is 32.5 Å². The topological polar surface area (TPSA) is 45.1 Å². The van der Waals surface area contributed by atoms with Gasteiger partial charge in [0.25, 0.3) is 0 Å². The number of anilines is 1. The number of nitrogens with zero attached hydrogens (tertiary/aromatic N) is 1. The van der Waals surface area contributed by atoms with Crippen LogP contribution in [0.25, 0.3) is 10.9 Å². The number of nitrogens with one attached hydrogen (secondary N) is 1. The maximum Gasteiger partial charge on any atom is 0.0934 e. The van der Waals surface area contributed by atoms with Crippen LogP contribution in [-0.2, 0) is 13.2 Å². The van der Waals surface area contributed by atoms with Crippen molar-refractivity contribution in [2.45, 2.75) is 13.2 Å². The molecular weight excluding hydrogens is 328 g/mol. The fourth-order valence-corrected chi connectivity index (χ4v) is 2.59. The molecule has 2 aromatic carbocycles. The summed E-state index contributed by atoms with van der Waals surface area (Å²) in [6, 6.07) is 16.1. The van der Waals surface area contributed by atoms with Crippen LogP contribution in [0.3, 0.4) is 0 Å². The van der Waals surface area contributed by atoms with Crippen molar-refractivity contribution in [3.8, 4) is 0 Å². The average Bonchev–Trinajstić information content (AvgIpc) is 2.53. The van der Waals surface area contributed by atoms with E-state index in [0.717, 1.165) is 33.2 Å². The standard InChI is InChI=1S/C17H15BrN2O/c18-15-8-14-2-1-3-16(17(14)20-10-15)19-9-12-4-6-13(11-21)7-5-12/h1-8,10,19,21H,9,11H2. The molecule has 106 valence electrons. The molecule has 0 saturated heterocycles. The summed E-state index contributed by atoms with van der Waals surface area (Å²) in [5.41, 5.74) is 4.08. The summed E-state index contributed by atoms with van der Waals surface area (Å²) in [4.78, 5) is 4.48. The van der Waals surface area contributed by atoms with E-state index in [0.29, 0.717) is 0 Å². The van der Waals surface area contributed by atoms with Crippen LogP contribution in [-0.4, -0.2) is 10.1 Å². The van der Waals surface area contributed by atoms with Crippen LogP contribution in [0, 0.1) is 0 Å².